The Morgan fingerprint density at radius 2 is 1.46 bits per heavy atom. The summed E-state index contributed by atoms with van der Waals surface area (Å²) in [4.78, 5) is 25.6. The van der Waals surface area contributed by atoms with Crippen LogP contribution in [0.1, 0.15) is 55.4 Å². The van der Waals surface area contributed by atoms with E-state index in [1.807, 2.05) is 4.90 Å². The normalized spacial score (nSPS) is 17.9. The van der Waals surface area contributed by atoms with E-state index in [9.17, 15) is 4.79 Å². The van der Waals surface area contributed by atoms with E-state index in [0.717, 1.165) is 44.7 Å². The number of piperidine rings is 1. The first-order valence-corrected chi connectivity index (χ1v) is 10.5. The van der Waals surface area contributed by atoms with Gasteiger partial charge in [0.1, 0.15) is 17.8 Å². The van der Waals surface area contributed by atoms with Gasteiger partial charge in [-0.15, -0.1) is 0 Å². The lowest BCUT2D eigenvalue weighted by atomic mass is 10.1. The number of amides is 1. The minimum Gasteiger partial charge on any atom is -0.372 e. The molecule has 0 radical (unpaired) electrons. The maximum atomic E-state index is 12.8. The number of rotatable bonds is 4. The largest absolute Gasteiger partial charge is 0.372 e. The molecular formula is C22H29N5O. The Hall–Kier alpha value is -2.63. The number of hydrogen-bond donors (Lipinski definition) is 1. The molecule has 1 amide bonds. The van der Waals surface area contributed by atoms with Crippen molar-refractivity contribution in [3.63, 3.8) is 0 Å². The molecule has 0 bridgehead atoms. The highest BCUT2D eigenvalue weighted by molar-refractivity contribution is 5.93. The van der Waals surface area contributed by atoms with Crippen molar-refractivity contribution in [2.24, 2.45) is 0 Å². The number of nitrogens with one attached hydrogen (secondary N) is 1. The summed E-state index contributed by atoms with van der Waals surface area (Å²) in [5, 5.41) is 3.30. The van der Waals surface area contributed by atoms with E-state index in [4.69, 9.17) is 0 Å². The van der Waals surface area contributed by atoms with Crippen LogP contribution in [-0.2, 0) is 0 Å². The summed E-state index contributed by atoms with van der Waals surface area (Å²) < 4.78 is 0. The molecule has 1 aromatic heterocycles. The predicted octanol–water partition coefficient (Wildman–Crippen LogP) is 4.23. The average Bonchev–Trinajstić information content (AvgIpc) is 3.04. The van der Waals surface area contributed by atoms with Gasteiger partial charge in [0.05, 0.1) is 0 Å². The lowest BCUT2D eigenvalue weighted by Crippen LogP contribution is -2.32. The van der Waals surface area contributed by atoms with E-state index in [2.05, 4.69) is 44.5 Å². The molecule has 2 aliphatic rings. The lowest BCUT2D eigenvalue weighted by molar-refractivity contribution is 0.0755. The summed E-state index contributed by atoms with van der Waals surface area (Å²) in [5.41, 5.74) is 2.70. The van der Waals surface area contributed by atoms with E-state index in [1.165, 1.54) is 44.1 Å². The first kappa shape index (κ1) is 18.7. The SMILES string of the molecule is O=C(c1cc(Nc2ccc(N3CCCCC3)cc2)ncn1)N1CCCCCC1. The molecule has 148 valence electrons. The number of hydrogen-bond acceptors (Lipinski definition) is 5. The van der Waals surface area contributed by atoms with Gasteiger partial charge in [0.2, 0.25) is 0 Å². The van der Waals surface area contributed by atoms with Crippen molar-refractivity contribution in [1.29, 1.82) is 0 Å². The van der Waals surface area contributed by atoms with Crippen LogP contribution in [0.25, 0.3) is 0 Å². The summed E-state index contributed by atoms with van der Waals surface area (Å²) >= 11 is 0. The van der Waals surface area contributed by atoms with E-state index in [0.29, 0.717) is 11.5 Å². The third-order valence-electron chi connectivity index (χ3n) is 5.64. The van der Waals surface area contributed by atoms with Crippen LogP contribution >= 0.6 is 0 Å². The molecule has 6 nitrogen and oxygen atoms in total. The zero-order chi connectivity index (χ0) is 19.2. The molecule has 0 unspecified atom stereocenters. The highest BCUT2D eigenvalue weighted by Gasteiger charge is 2.19. The first-order valence-electron chi connectivity index (χ1n) is 10.5. The Morgan fingerprint density at radius 1 is 0.821 bits per heavy atom. The van der Waals surface area contributed by atoms with Gasteiger partial charge in [-0.3, -0.25) is 4.79 Å². The van der Waals surface area contributed by atoms with Crippen LogP contribution in [0.4, 0.5) is 17.2 Å². The maximum absolute atomic E-state index is 12.8. The summed E-state index contributed by atoms with van der Waals surface area (Å²) in [5.74, 6) is 0.659. The molecule has 6 heteroatoms. The van der Waals surface area contributed by atoms with Gasteiger partial charge in [0.15, 0.2) is 0 Å². The lowest BCUT2D eigenvalue weighted by Gasteiger charge is -2.28. The van der Waals surface area contributed by atoms with Crippen molar-refractivity contribution >= 4 is 23.1 Å². The van der Waals surface area contributed by atoms with E-state index < -0.39 is 0 Å². The van der Waals surface area contributed by atoms with Crippen LogP contribution in [-0.4, -0.2) is 47.0 Å². The topological polar surface area (TPSA) is 61.4 Å². The molecule has 1 N–H and O–H groups in total. The van der Waals surface area contributed by atoms with Gasteiger partial charge in [-0.1, -0.05) is 12.8 Å². The quantitative estimate of drug-likeness (QED) is 0.861. The van der Waals surface area contributed by atoms with Gasteiger partial charge >= 0.3 is 0 Å². The second-order valence-electron chi connectivity index (χ2n) is 7.71. The van der Waals surface area contributed by atoms with Crippen LogP contribution < -0.4 is 10.2 Å². The number of carbonyl (C=O) groups is 1. The van der Waals surface area contributed by atoms with Crippen LogP contribution in [0.2, 0.25) is 0 Å². The Kier molecular flexibility index (Phi) is 6.04. The van der Waals surface area contributed by atoms with Crippen molar-refractivity contribution in [3.05, 3.63) is 42.4 Å². The fourth-order valence-corrected chi connectivity index (χ4v) is 4.03. The highest BCUT2D eigenvalue weighted by Crippen LogP contribution is 2.23. The molecule has 2 fully saturated rings. The molecule has 2 saturated heterocycles. The molecule has 0 saturated carbocycles. The van der Waals surface area contributed by atoms with Crippen LogP contribution in [0.3, 0.4) is 0 Å². The molecule has 4 rings (SSSR count). The van der Waals surface area contributed by atoms with E-state index in [-0.39, 0.29) is 5.91 Å². The molecule has 1 aromatic carbocycles. The monoisotopic (exact) mass is 379 g/mol. The van der Waals surface area contributed by atoms with Crippen LogP contribution in [0.5, 0.6) is 0 Å². The molecule has 0 atom stereocenters. The summed E-state index contributed by atoms with van der Waals surface area (Å²) in [6.45, 7) is 3.93. The van der Waals surface area contributed by atoms with Crippen molar-refractivity contribution in [2.45, 2.75) is 44.9 Å². The number of nitrogens with zero attached hydrogens (tertiary/aromatic N) is 4. The third-order valence-corrected chi connectivity index (χ3v) is 5.64. The second-order valence-corrected chi connectivity index (χ2v) is 7.71. The number of anilines is 3. The van der Waals surface area contributed by atoms with Gasteiger partial charge < -0.3 is 15.1 Å². The second kappa shape index (κ2) is 9.04. The molecule has 3 heterocycles. The number of benzene rings is 1. The fraction of sp³-hybridized carbons (Fsp3) is 0.500. The van der Waals surface area contributed by atoms with Crippen molar-refractivity contribution in [1.82, 2.24) is 14.9 Å². The predicted molar refractivity (Wildman–Crippen MR) is 112 cm³/mol. The van der Waals surface area contributed by atoms with Gasteiger partial charge in [-0.25, -0.2) is 9.97 Å². The Balaban J connectivity index is 1.42. The fourth-order valence-electron chi connectivity index (χ4n) is 4.03. The zero-order valence-electron chi connectivity index (χ0n) is 16.4. The molecule has 28 heavy (non-hydrogen) atoms. The Labute approximate surface area is 167 Å². The minimum atomic E-state index is 0.00722. The van der Waals surface area contributed by atoms with Gasteiger partial charge in [-0.2, -0.15) is 0 Å². The smallest absolute Gasteiger partial charge is 0.272 e. The number of aromatic nitrogens is 2. The third kappa shape index (κ3) is 4.61. The first-order chi connectivity index (χ1) is 13.8. The van der Waals surface area contributed by atoms with Crippen molar-refractivity contribution < 1.29 is 4.79 Å². The number of carbonyl (C=O) groups excluding carboxylic acids is 1. The van der Waals surface area contributed by atoms with Gasteiger partial charge in [0.25, 0.3) is 5.91 Å². The Bertz CT molecular complexity index is 778. The van der Waals surface area contributed by atoms with Crippen LogP contribution in [0, 0.1) is 0 Å². The minimum absolute atomic E-state index is 0.00722. The molecule has 0 spiro atoms. The van der Waals surface area contributed by atoms with Gasteiger partial charge in [0, 0.05) is 43.6 Å². The molecule has 2 aliphatic heterocycles. The summed E-state index contributed by atoms with van der Waals surface area (Å²) in [6.07, 6.45) is 9.90. The maximum Gasteiger partial charge on any atom is 0.272 e. The standard InChI is InChI=1S/C22H29N5O/c28-22(27-14-4-1-2-5-15-27)20-16-21(24-17-23-20)25-18-8-10-19(11-9-18)26-12-6-3-7-13-26/h8-11,16-17H,1-7,12-15H2,(H,23,24,25). The van der Waals surface area contributed by atoms with Gasteiger partial charge in [-0.05, 0) is 56.4 Å². The Morgan fingerprint density at radius 3 is 2.18 bits per heavy atom. The van der Waals surface area contributed by atoms with Crippen molar-refractivity contribution in [2.75, 3.05) is 36.4 Å². The van der Waals surface area contributed by atoms with Crippen LogP contribution in [0.15, 0.2) is 36.7 Å². The molecule has 2 aromatic rings. The summed E-state index contributed by atoms with van der Waals surface area (Å²) in [6, 6.07) is 10.2. The highest BCUT2D eigenvalue weighted by atomic mass is 16.2. The summed E-state index contributed by atoms with van der Waals surface area (Å²) in [7, 11) is 0. The zero-order valence-corrected chi connectivity index (χ0v) is 16.4. The number of likely N-dealkylation sites (tertiary alicyclic amines) is 1. The van der Waals surface area contributed by atoms with E-state index >= 15 is 0 Å². The average molecular weight is 380 g/mol. The molecule has 0 aliphatic carbocycles. The van der Waals surface area contributed by atoms with E-state index in [1.54, 1.807) is 6.07 Å². The van der Waals surface area contributed by atoms with Crippen molar-refractivity contribution in [3.8, 4) is 0 Å². The molecular weight excluding hydrogens is 350 g/mol.